The number of aliphatic hydroxyl groups excluding tert-OH is 1. The zero-order valence-corrected chi connectivity index (χ0v) is 9.73. The maximum Gasteiger partial charge on any atom is 0.0474 e. The molecule has 88 valence electrons. The van der Waals surface area contributed by atoms with Crippen LogP contribution in [0.1, 0.15) is 31.2 Å². The Kier molecular flexibility index (Phi) is 4.37. The van der Waals surface area contributed by atoms with Crippen LogP contribution in [0.15, 0.2) is 30.3 Å². The monoisotopic (exact) mass is 219 g/mol. The Morgan fingerprint density at radius 1 is 1.12 bits per heavy atom. The fourth-order valence-electron chi connectivity index (χ4n) is 2.54. The zero-order valence-electron chi connectivity index (χ0n) is 9.73. The molecule has 2 rings (SSSR count). The average molecular weight is 219 g/mol. The van der Waals surface area contributed by atoms with Crippen LogP contribution < -0.4 is 5.32 Å². The number of hydrogen-bond donors (Lipinski definition) is 2. The van der Waals surface area contributed by atoms with Gasteiger partial charge in [0.15, 0.2) is 0 Å². The largest absolute Gasteiger partial charge is 0.396 e. The molecule has 1 aliphatic rings. The standard InChI is InChI=1S/C14H21NO/c16-11-13-8-4-5-9-14(13)15-10-12-6-2-1-3-7-12/h1-3,6-7,13-16H,4-5,8-11H2/t13?,14-/m0/s1. The Hall–Kier alpha value is -0.860. The maximum atomic E-state index is 9.32. The van der Waals surface area contributed by atoms with Crippen LogP contribution in [0.5, 0.6) is 0 Å². The van der Waals surface area contributed by atoms with E-state index in [9.17, 15) is 5.11 Å². The molecule has 0 amide bonds. The quantitative estimate of drug-likeness (QED) is 0.814. The van der Waals surface area contributed by atoms with Gasteiger partial charge in [-0.15, -0.1) is 0 Å². The van der Waals surface area contributed by atoms with Crippen molar-refractivity contribution in [2.45, 2.75) is 38.3 Å². The Bertz CT molecular complexity index is 299. The highest BCUT2D eigenvalue weighted by Gasteiger charge is 2.23. The summed E-state index contributed by atoms with van der Waals surface area (Å²) in [4.78, 5) is 0. The van der Waals surface area contributed by atoms with Crippen molar-refractivity contribution in [1.82, 2.24) is 5.32 Å². The van der Waals surface area contributed by atoms with Gasteiger partial charge in [-0.1, -0.05) is 43.2 Å². The van der Waals surface area contributed by atoms with E-state index in [2.05, 4.69) is 29.6 Å². The molecule has 0 bridgehead atoms. The minimum Gasteiger partial charge on any atom is -0.396 e. The lowest BCUT2D eigenvalue weighted by molar-refractivity contribution is 0.152. The van der Waals surface area contributed by atoms with Crippen LogP contribution >= 0.6 is 0 Å². The van der Waals surface area contributed by atoms with E-state index >= 15 is 0 Å². The van der Waals surface area contributed by atoms with Gasteiger partial charge < -0.3 is 10.4 Å². The molecule has 2 N–H and O–H groups in total. The third-order valence-corrected chi connectivity index (χ3v) is 3.55. The summed E-state index contributed by atoms with van der Waals surface area (Å²) in [6.45, 7) is 1.24. The van der Waals surface area contributed by atoms with Gasteiger partial charge in [-0.05, 0) is 24.3 Å². The first-order chi connectivity index (χ1) is 7.90. The summed E-state index contributed by atoms with van der Waals surface area (Å²) in [7, 11) is 0. The molecule has 2 atom stereocenters. The molecule has 2 heteroatoms. The van der Waals surface area contributed by atoms with Gasteiger partial charge in [-0.3, -0.25) is 0 Å². The van der Waals surface area contributed by atoms with Crippen molar-refractivity contribution in [1.29, 1.82) is 0 Å². The van der Waals surface area contributed by atoms with Gasteiger partial charge in [0.05, 0.1) is 0 Å². The summed E-state index contributed by atoms with van der Waals surface area (Å²) in [6, 6.07) is 11.0. The van der Waals surface area contributed by atoms with Crippen LogP contribution in [0.25, 0.3) is 0 Å². The minimum atomic E-state index is 0.326. The molecular formula is C14H21NO. The summed E-state index contributed by atoms with van der Waals surface area (Å²) >= 11 is 0. The second-order valence-electron chi connectivity index (χ2n) is 4.70. The lowest BCUT2D eigenvalue weighted by Crippen LogP contribution is -2.39. The fourth-order valence-corrected chi connectivity index (χ4v) is 2.54. The van der Waals surface area contributed by atoms with Gasteiger partial charge in [0.2, 0.25) is 0 Å². The smallest absolute Gasteiger partial charge is 0.0474 e. The van der Waals surface area contributed by atoms with E-state index in [-0.39, 0.29) is 0 Å². The molecule has 1 fully saturated rings. The van der Waals surface area contributed by atoms with E-state index in [1.165, 1.54) is 31.2 Å². The second kappa shape index (κ2) is 6.02. The molecule has 2 nitrogen and oxygen atoms in total. The third kappa shape index (κ3) is 3.06. The van der Waals surface area contributed by atoms with Crippen molar-refractivity contribution in [2.24, 2.45) is 5.92 Å². The normalized spacial score (nSPS) is 25.6. The van der Waals surface area contributed by atoms with Crippen LogP contribution in [-0.4, -0.2) is 17.8 Å². The first kappa shape index (κ1) is 11.6. The lowest BCUT2D eigenvalue weighted by Gasteiger charge is -2.31. The number of nitrogens with one attached hydrogen (secondary N) is 1. The number of aliphatic hydroxyl groups is 1. The molecule has 16 heavy (non-hydrogen) atoms. The van der Waals surface area contributed by atoms with Crippen molar-refractivity contribution < 1.29 is 5.11 Å². The Morgan fingerprint density at radius 2 is 1.88 bits per heavy atom. The predicted molar refractivity (Wildman–Crippen MR) is 66.1 cm³/mol. The van der Waals surface area contributed by atoms with E-state index in [1.807, 2.05) is 6.07 Å². The van der Waals surface area contributed by atoms with E-state index in [4.69, 9.17) is 0 Å². The highest BCUT2D eigenvalue weighted by molar-refractivity contribution is 5.14. The van der Waals surface area contributed by atoms with E-state index < -0.39 is 0 Å². The molecule has 1 saturated carbocycles. The van der Waals surface area contributed by atoms with Gasteiger partial charge in [0.25, 0.3) is 0 Å². The number of rotatable bonds is 4. The molecular weight excluding hydrogens is 198 g/mol. The highest BCUT2D eigenvalue weighted by atomic mass is 16.3. The first-order valence-electron chi connectivity index (χ1n) is 6.28. The fraction of sp³-hybridized carbons (Fsp3) is 0.571. The summed E-state index contributed by atoms with van der Waals surface area (Å²) < 4.78 is 0. The van der Waals surface area contributed by atoms with Crippen LogP contribution in [0, 0.1) is 5.92 Å². The SMILES string of the molecule is OCC1CCCC[C@@H]1NCc1ccccc1. The Morgan fingerprint density at radius 3 is 2.62 bits per heavy atom. The Labute approximate surface area is 97.7 Å². The van der Waals surface area contributed by atoms with Crippen molar-refractivity contribution >= 4 is 0 Å². The van der Waals surface area contributed by atoms with E-state index in [0.29, 0.717) is 18.6 Å². The molecule has 0 heterocycles. The minimum absolute atomic E-state index is 0.326. The van der Waals surface area contributed by atoms with E-state index in [1.54, 1.807) is 0 Å². The second-order valence-corrected chi connectivity index (χ2v) is 4.70. The van der Waals surface area contributed by atoms with Gasteiger partial charge in [-0.25, -0.2) is 0 Å². The molecule has 0 aromatic heterocycles. The topological polar surface area (TPSA) is 32.3 Å². The average Bonchev–Trinajstić information content (AvgIpc) is 2.38. The maximum absolute atomic E-state index is 9.32. The molecule has 1 aromatic carbocycles. The molecule has 1 aliphatic carbocycles. The molecule has 0 saturated heterocycles. The Balaban J connectivity index is 1.84. The van der Waals surface area contributed by atoms with E-state index in [0.717, 1.165) is 6.54 Å². The summed E-state index contributed by atoms with van der Waals surface area (Å²) in [5.41, 5.74) is 1.32. The summed E-state index contributed by atoms with van der Waals surface area (Å²) in [5.74, 6) is 0.456. The van der Waals surface area contributed by atoms with Gasteiger partial charge >= 0.3 is 0 Å². The number of benzene rings is 1. The van der Waals surface area contributed by atoms with Crippen molar-refractivity contribution in [3.63, 3.8) is 0 Å². The van der Waals surface area contributed by atoms with Gasteiger partial charge in [0.1, 0.15) is 0 Å². The highest BCUT2D eigenvalue weighted by Crippen LogP contribution is 2.24. The van der Waals surface area contributed by atoms with Crippen molar-refractivity contribution in [2.75, 3.05) is 6.61 Å². The van der Waals surface area contributed by atoms with Gasteiger partial charge in [0, 0.05) is 19.2 Å². The molecule has 0 spiro atoms. The summed E-state index contributed by atoms with van der Waals surface area (Å²) in [5, 5.41) is 12.9. The zero-order chi connectivity index (χ0) is 11.2. The van der Waals surface area contributed by atoms with Crippen LogP contribution in [-0.2, 0) is 6.54 Å². The molecule has 1 aromatic rings. The van der Waals surface area contributed by atoms with Gasteiger partial charge in [-0.2, -0.15) is 0 Å². The van der Waals surface area contributed by atoms with Crippen LogP contribution in [0.3, 0.4) is 0 Å². The lowest BCUT2D eigenvalue weighted by atomic mass is 9.85. The summed E-state index contributed by atoms with van der Waals surface area (Å²) in [6.07, 6.45) is 4.94. The van der Waals surface area contributed by atoms with Crippen LogP contribution in [0.2, 0.25) is 0 Å². The first-order valence-corrected chi connectivity index (χ1v) is 6.28. The van der Waals surface area contributed by atoms with Crippen LogP contribution in [0.4, 0.5) is 0 Å². The van der Waals surface area contributed by atoms with Crippen molar-refractivity contribution in [3.8, 4) is 0 Å². The molecule has 0 radical (unpaired) electrons. The van der Waals surface area contributed by atoms with Crippen molar-refractivity contribution in [3.05, 3.63) is 35.9 Å². The number of hydrogen-bond acceptors (Lipinski definition) is 2. The molecule has 0 aliphatic heterocycles. The predicted octanol–water partition coefficient (Wildman–Crippen LogP) is 2.33. The third-order valence-electron chi connectivity index (χ3n) is 3.55. The molecule has 1 unspecified atom stereocenters.